The first-order chi connectivity index (χ1) is 27.6. The van der Waals surface area contributed by atoms with Crippen LogP contribution in [0.3, 0.4) is 0 Å². The number of fused-ring (bicyclic) bond motifs is 8. The molecule has 7 aromatic carbocycles. The molecule has 8 heteroatoms. The Hall–Kier alpha value is -5.72. The van der Waals surface area contributed by atoms with Crippen LogP contribution in [0.1, 0.15) is 33.4 Å². The normalized spacial score (nSPS) is 13.7. The number of hydrogen-bond acceptors (Lipinski definition) is 5. The van der Waals surface area contributed by atoms with Crippen LogP contribution < -0.4 is 68.1 Å². The van der Waals surface area contributed by atoms with Crippen molar-refractivity contribution in [2.24, 2.45) is 0 Å². The summed E-state index contributed by atoms with van der Waals surface area (Å²) in [5.74, 6) is 7.18. The van der Waals surface area contributed by atoms with Gasteiger partial charge in [0.2, 0.25) is 0 Å². The lowest BCUT2D eigenvalue weighted by atomic mass is 9.30. The van der Waals surface area contributed by atoms with Crippen molar-refractivity contribution in [1.29, 1.82) is 0 Å². The Bertz CT molecular complexity index is 2890. The Kier molecular flexibility index (Phi) is 7.66. The predicted octanol–water partition coefficient (Wildman–Crippen LogP) is 6.23. The lowest BCUT2D eigenvalue weighted by Crippen LogP contribution is -2.62. The highest BCUT2D eigenvalue weighted by molar-refractivity contribution is 7.98. The number of para-hydroxylation sites is 2. The fraction of sp³-hybridized carbons (Fsp3) is 0.143. The Morgan fingerprint density at radius 3 is 1.30 bits per heavy atom. The van der Waals surface area contributed by atoms with Gasteiger partial charge in [-0.05, 0) is 146 Å². The molecular weight excluding hydrogens is 717 g/mol. The van der Waals surface area contributed by atoms with E-state index in [-0.39, 0.29) is 20.1 Å². The fourth-order valence-electron chi connectivity index (χ4n) is 10.1. The highest BCUT2D eigenvalue weighted by atomic mass is 32.2. The van der Waals surface area contributed by atoms with Crippen LogP contribution in [0.25, 0.3) is 0 Å². The minimum atomic E-state index is -0.106. The summed E-state index contributed by atoms with van der Waals surface area (Å²) in [7, 11) is 0. The maximum atomic E-state index is 6.90. The lowest BCUT2D eigenvalue weighted by Gasteiger charge is -2.36. The van der Waals surface area contributed by atoms with Crippen LogP contribution in [-0.4, -0.2) is 26.4 Å². The van der Waals surface area contributed by atoms with Crippen LogP contribution in [0, 0.1) is 41.5 Å². The molecule has 4 aliphatic heterocycles. The van der Waals surface area contributed by atoms with E-state index in [0.717, 1.165) is 67.9 Å². The van der Waals surface area contributed by atoms with E-state index in [1.165, 1.54) is 65.5 Å². The Balaban J connectivity index is 1.15. The van der Waals surface area contributed by atoms with Gasteiger partial charge in [-0.15, -0.1) is 11.8 Å². The van der Waals surface area contributed by atoms with E-state index in [1.807, 2.05) is 0 Å². The molecule has 4 nitrogen and oxygen atoms in total. The Morgan fingerprint density at radius 1 is 0.351 bits per heavy atom. The first-order valence-corrected chi connectivity index (χ1v) is 21.0. The molecular formula is C49H39B3O4S. The molecule has 0 spiro atoms. The minimum Gasteiger partial charge on any atom is -0.458 e. The first kappa shape index (κ1) is 34.5. The van der Waals surface area contributed by atoms with Crippen LogP contribution in [0.5, 0.6) is 46.0 Å². The van der Waals surface area contributed by atoms with Crippen molar-refractivity contribution in [2.45, 2.75) is 46.4 Å². The van der Waals surface area contributed by atoms with Gasteiger partial charge >= 0.3 is 0 Å². The molecule has 0 saturated carbocycles. The van der Waals surface area contributed by atoms with Crippen molar-refractivity contribution in [1.82, 2.24) is 0 Å². The van der Waals surface area contributed by atoms with E-state index in [2.05, 4.69) is 157 Å². The molecule has 0 amide bonds. The monoisotopic (exact) mass is 756 g/mol. The smallest absolute Gasteiger partial charge is 0.260 e. The second-order valence-electron chi connectivity index (χ2n) is 16.3. The van der Waals surface area contributed by atoms with Crippen molar-refractivity contribution < 1.29 is 18.9 Å². The average Bonchev–Trinajstić information content (AvgIpc) is 3.18. The van der Waals surface area contributed by atoms with E-state index in [9.17, 15) is 0 Å². The maximum absolute atomic E-state index is 6.90. The quantitative estimate of drug-likeness (QED) is 0.158. The lowest BCUT2D eigenvalue weighted by molar-refractivity contribution is 0.463. The second-order valence-corrected chi connectivity index (χ2v) is 17.2. The summed E-state index contributed by atoms with van der Waals surface area (Å²) in [5, 5.41) is 0. The molecule has 0 bridgehead atoms. The largest absolute Gasteiger partial charge is 0.458 e. The van der Waals surface area contributed by atoms with Crippen molar-refractivity contribution in [3.05, 3.63) is 143 Å². The molecule has 274 valence electrons. The van der Waals surface area contributed by atoms with Crippen molar-refractivity contribution in [2.75, 3.05) is 6.26 Å². The van der Waals surface area contributed by atoms with Gasteiger partial charge in [-0.2, -0.15) is 0 Å². The standard InChI is InChI=1S/C49H39B3O4S/c1-26-16-30(5)47-43(17-26)53-39-14-10-8-12-33(39)50(47)35-24-37-41(21-28(35)3)55-44-18-27(2)19-45-49(44)52(37)38-25-36(29(4)22-42(38)56-45)51-34-13-9-11-15-40(34)54-46-23-32(57-7)20-31(6)48(46)51/h8-25H,1-7H3. The molecule has 0 fully saturated rings. The minimum absolute atomic E-state index is 0.00739. The molecule has 4 aliphatic rings. The zero-order valence-electron chi connectivity index (χ0n) is 33.2. The number of hydrogen-bond donors (Lipinski definition) is 0. The van der Waals surface area contributed by atoms with Gasteiger partial charge in [0.25, 0.3) is 20.1 Å². The number of aryl methyl sites for hydroxylation is 6. The molecule has 11 rings (SSSR count). The van der Waals surface area contributed by atoms with Crippen LogP contribution in [0.4, 0.5) is 0 Å². The van der Waals surface area contributed by atoms with Gasteiger partial charge in [0.15, 0.2) is 0 Å². The van der Waals surface area contributed by atoms with Crippen LogP contribution in [0.15, 0.2) is 114 Å². The zero-order chi connectivity index (χ0) is 38.9. The third kappa shape index (κ3) is 5.19. The Morgan fingerprint density at radius 2 is 0.772 bits per heavy atom. The number of ether oxygens (including phenoxy) is 4. The first-order valence-electron chi connectivity index (χ1n) is 19.8. The van der Waals surface area contributed by atoms with E-state index >= 15 is 0 Å². The topological polar surface area (TPSA) is 36.9 Å². The second kappa shape index (κ2) is 12.6. The average molecular weight is 756 g/mol. The molecule has 57 heavy (non-hydrogen) atoms. The molecule has 0 aromatic heterocycles. The summed E-state index contributed by atoms with van der Waals surface area (Å²) in [6.07, 6.45) is 2.12. The number of thioether (sulfide) groups is 1. The van der Waals surface area contributed by atoms with Gasteiger partial charge in [-0.1, -0.05) is 87.8 Å². The van der Waals surface area contributed by atoms with Crippen LogP contribution >= 0.6 is 11.8 Å². The summed E-state index contributed by atoms with van der Waals surface area (Å²) >= 11 is 1.75. The molecule has 0 radical (unpaired) electrons. The van der Waals surface area contributed by atoms with Gasteiger partial charge in [-0.3, -0.25) is 0 Å². The molecule has 0 aliphatic carbocycles. The van der Waals surface area contributed by atoms with Gasteiger partial charge in [0.1, 0.15) is 46.0 Å². The van der Waals surface area contributed by atoms with Gasteiger partial charge in [0.05, 0.1) is 0 Å². The summed E-state index contributed by atoms with van der Waals surface area (Å²) < 4.78 is 27.1. The molecule has 4 heterocycles. The summed E-state index contributed by atoms with van der Waals surface area (Å²) in [6, 6.07) is 39.7. The number of rotatable bonds is 3. The van der Waals surface area contributed by atoms with Gasteiger partial charge < -0.3 is 18.9 Å². The predicted molar refractivity (Wildman–Crippen MR) is 240 cm³/mol. The highest BCUT2D eigenvalue weighted by Crippen LogP contribution is 2.37. The zero-order valence-corrected chi connectivity index (χ0v) is 34.0. The van der Waals surface area contributed by atoms with Crippen molar-refractivity contribution in [3.8, 4) is 46.0 Å². The molecule has 0 saturated heterocycles. The summed E-state index contributed by atoms with van der Waals surface area (Å²) in [5.41, 5.74) is 17.8. The third-order valence-electron chi connectivity index (χ3n) is 12.5. The Labute approximate surface area is 339 Å². The maximum Gasteiger partial charge on any atom is 0.260 e. The molecule has 7 aromatic rings. The van der Waals surface area contributed by atoms with Crippen LogP contribution in [-0.2, 0) is 0 Å². The summed E-state index contributed by atoms with van der Waals surface area (Å²) in [6.45, 7) is 13.0. The van der Waals surface area contributed by atoms with Crippen molar-refractivity contribution >= 4 is 81.1 Å². The van der Waals surface area contributed by atoms with E-state index in [4.69, 9.17) is 18.9 Å². The molecule has 0 unspecified atom stereocenters. The van der Waals surface area contributed by atoms with Gasteiger partial charge in [0, 0.05) is 10.4 Å². The summed E-state index contributed by atoms with van der Waals surface area (Å²) in [4.78, 5) is 1.20. The van der Waals surface area contributed by atoms with Crippen LogP contribution in [0.2, 0.25) is 0 Å². The third-order valence-corrected chi connectivity index (χ3v) is 13.3. The SMILES string of the molecule is CSc1cc(C)c2c(c1)Oc1ccccc1B2c1cc2c(cc1C)Oc1cc(C)cc3c1B2c1cc(B2c4ccccc4Oc4cc(C)cc(C)c42)c(C)cc1O3. The van der Waals surface area contributed by atoms with Crippen molar-refractivity contribution in [3.63, 3.8) is 0 Å². The van der Waals surface area contributed by atoms with E-state index in [0.29, 0.717) is 0 Å². The van der Waals surface area contributed by atoms with Gasteiger partial charge in [-0.25, -0.2) is 0 Å². The number of benzene rings is 7. The van der Waals surface area contributed by atoms with E-state index in [1.54, 1.807) is 11.8 Å². The fourth-order valence-corrected chi connectivity index (χ4v) is 10.6. The highest BCUT2D eigenvalue weighted by Gasteiger charge is 2.44. The molecule has 0 N–H and O–H groups in total. The van der Waals surface area contributed by atoms with E-state index < -0.39 is 0 Å². The molecule has 0 atom stereocenters.